The lowest BCUT2D eigenvalue weighted by Gasteiger charge is -2.32. The van der Waals surface area contributed by atoms with Crippen LogP contribution < -0.4 is 4.90 Å². The number of nitrogens with zero attached hydrogens (tertiary/aromatic N) is 4. The molecule has 38 heavy (non-hydrogen) atoms. The van der Waals surface area contributed by atoms with Gasteiger partial charge in [-0.2, -0.15) is 4.31 Å². The highest BCUT2D eigenvalue weighted by atomic mass is 35.5. The Labute approximate surface area is 237 Å². The second-order valence-electron chi connectivity index (χ2n) is 9.82. The van der Waals surface area contributed by atoms with Gasteiger partial charge in [-0.25, -0.2) is 13.4 Å². The van der Waals surface area contributed by atoms with Crippen LogP contribution in [-0.2, 0) is 10.0 Å². The van der Waals surface area contributed by atoms with Crippen LogP contribution in [0.5, 0.6) is 0 Å². The molecule has 10 heteroatoms. The number of rotatable bonds is 9. The first-order valence-electron chi connectivity index (χ1n) is 13.2. The fourth-order valence-corrected chi connectivity index (χ4v) is 7.63. The smallest absolute Gasteiger partial charge is 0.260 e. The molecule has 0 aliphatic carbocycles. The summed E-state index contributed by atoms with van der Waals surface area (Å²) >= 11 is 1.52. The van der Waals surface area contributed by atoms with Crippen molar-refractivity contribution in [3.8, 4) is 0 Å². The molecule has 1 saturated heterocycles. The maximum Gasteiger partial charge on any atom is 0.260 e. The summed E-state index contributed by atoms with van der Waals surface area (Å²) in [5.41, 5.74) is 3.68. The predicted octanol–water partition coefficient (Wildman–Crippen LogP) is 5.89. The molecule has 1 unspecified atom stereocenters. The third-order valence-corrected chi connectivity index (χ3v) is 10.6. The molecule has 7 nitrogen and oxygen atoms in total. The fourth-order valence-electron chi connectivity index (χ4n) is 4.88. The first-order chi connectivity index (χ1) is 17.7. The molecule has 1 aliphatic rings. The Morgan fingerprint density at radius 3 is 2.37 bits per heavy atom. The van der Waals surface area contributed by atoms with E-state index in [1.807, 2.05) is 6.92 Å². The van der Waals surface area contributed by atoms with Crippen LogP contribution in [0, 0.1) is 13.8 Å². The number of piperidine rings is 1. The predicted molar refractivity (Wildman–Crippen MR) is 159 cm³/mol. The van der Waals surface area contributed by atoms with Crippen LogP contribution >= 0.6 is 23.7 Å². The van der Waals surface area contributed by atoms with Crippen LogP contribution in [0.1, 0.15) is 61.5 Å². The maximum absolute atomic E-state index is 13.8. The normalized spacial score (nSPS) is 16.5. The van der Waals surface area contributed by atoms with Crippen molar-refractivity contribution in [3.05, 3.63) is 53.1 Å². The Morgan fingerprint density at radius 1 is 1.05 bits per heavy atom. The third kappa shape index (κ3) is 6.23. The molecular formula is C28H39ClN4O3S2. The number of fused-ring (bicyclic) bond motifs is 1. The van der Waals surface area contributed by atoms with Crippen molar-refractivity contribution >= 4 is 55.0 Å². The summed E-state index contributed by atoms with van der Waals surface area (Å²) in [6.45, 7) is 13.9. The van der Waals surface area contributed by atoms with Crippen molar-refractivity contribution in [2.24, 2.45) is 0 Å². The molecule has 2 aromatic carbocycles. The van der Waals surface area contributed by atoms with E-state index in [2.05, 4.69) is 44.7 Å². The molecule has 0 spiro atoms. The minimum absolute atomic E-state index is 0. The minimum atomic E-state index is -3.59. The summed E-state index contributed by atoms with van der Waals surface area (Å²) in [5, 5.41) is 0.666. The molecule has 0 saturated carbocycles. The number of carbonyl (C=O) groups is 1. The van der Waals surface area contributed by atoms with Crippen molar-refractivity contribution in [1.29, 1.82) is 0 Å². The van der Waals surface area contributed by atoms with E-state index >= 15 is 0 Å². The van der Waals surface area contributed by atoms with Crippen molar-refractivity contribution < 1.29 is 13.2 Å². The van der Waals surface area contributed by atoms with Gasteiger partial charge in [-0.05, 0) is 88.2 Å². The van der Waals surface area contributed by atoms with Crippen LogP contribution in [0.4, 0.5) is 5.13 Å². The zero-order valence-corrected chi connectivity index (χ0v) is 25.4. The van der Waals surface area contributed by atoms with Gasteiger partial charge >= 0.3 is 0 Å². The summed E-state index contributed by atoms with van der Waals surface area (Å²) in [4.78, 5) is 22.9. The van der Waals surface area contributed by atoms with E-state index in [9.17, 15) is 13.2 Å². The highest BCUT2D eigenvalue weighted by Crippen LogP contribution is 2.33. The lowest BCUT2D eigenvalue weighted by atomic mass is 10.1. The molecule has 0 N–H and O–H groups in total. The number of aromatic nitrogens is 1. The maximum atomic E-state index is 13.8. The van der Waals surface area contributed by atoms with E-state index < -0.39 is 10.0 Å². The van der Waals surface area contributed by atoms with E-state index in [4.69, 9.17) is 4.98 Å². The lowest BCUT2D eigenvalue weighted by molar-refractivity contribution is 0.0983. The van der Waals surface area contributed by atoms with Crippen LogP contribution in [0.2, 0.25) is 0 Å². The average molecular weight is 579 g/mol. The van der Waals surface area contributed by atoms with Gasteiger partial charge in [-0.3, -0.25) is 9.69 Å². The van der Waals surface area contributed by atoms with E-state index in [0.717, 1.165) is 54.7 Å². The zero-order valence-electron chi connectivity index (χ0n) is 22.9. The quantitative estimate of drug-likeness (QED) is 0.317. The van der Waals surface area contributed by atoms with Crippen molar-refractivity contribution in [1.82, 2.24) is 14.2 Å². The second kappa shape index (κ2) is 12.9. The first-order valence-corrected chi connectivity index (χ1v) is 15.5. The standard InChI is InChI=1S/C28H38N4O3S2.ClH/c1-6-30(7-2)18-19-31(28-29-26-22(5)20(3)11-16-25(26)36-28)27(33)23-12-14-24(15-13-23)37(34,35)32-17-9-8-10-21(32)4;/h11-16,21H,6-10,17-19H2,1-5H3;1H. The van der Waals surface area contributed by atoms with Crippen LogP contribution in [0.3, 0.4) is 0 Å². The molecule has 208 valence electrons. The Morgan fingerprint density at radius 2 is 1.74 bits per heavy atom. The van der Waals surface area contributed by atoms with Crippen molar-refractivity contribution in [3.63, 3.8) is 0 Å². The van der Waals surface area contributed by atoms with Crippen LogP contribution in [0.25, 0.3) is 10.2 Å². The summed E-state index contributed by atoms with van der Waals surface area (Å²) in [6, 6.07) is 10.5. The topological polar surface area (TPSA) is 73.8 Å². The summed E-state index contributed by atoms with van der Waals surface area (Å²) in [6.07, 6.45) is 2.80. The van der Waals surface area contributed by atoms with Crippen molar-refractivity contribution in [2.75, 3.05) is 37.6 Å². The number of benzene rings is 2. The van der Waals surface area contributed by atoms with Gasteiger partial charge < -0.3 is 4.90 Å². The van der Waals surface area contributed by atoms with Gasteiger partial charge in [-0.15, -0.1) is 12.4 Å². The number of aryl methyl sites for hydroxylation is 2. The number of carbonyl (C=O) groups excluding carboxylic acids is 1. The monoisotopic (exact) mass is 578 g/mol. The van der Waals surface area contributed by atoms with Gasteiger partial charge in [-0.1, -0.05) is 37.7 Å². The third-order valence-electron chi connectivity index (χ3n) is 7.53. The largest absolute Gasteiger partial charge is 0.302 e. The molecular weight excluding hydrogens is 540 g/mol. The Balaban J connectivity index is 0.00000400. The average Bonchev–Trinajstić information content (AvgIpc) is 3.33. The first kappa shape index (κ1) is 30.5. The summed E-state index contributed by atoms with van der Waals surface area (Å²) in [5.74, 6) is -0.170. The Bertz CT molecular complexity index is 1350. The van der Waals surface area contributed by atoms with Crippen LogP contribution in [-0.4, -0.2) is 67.3 Å². The van der Waals surface area contributed by atoms with Gasteiger partial charge in [0.25, 0.3) is 5.91 Å². The molecule has 1 atom stereocenters. The molecule has 1 aliphatic heterocycles. The molecule has 1 amide bonds. The van der Waals surface area contributed by atoms with Gasteiger partial charge in [0.1, 0.15) is 0 Å². The number of likely N-dealkylation sites (N-methyl/N-ethyl adjacent to an activating group) is 1. The van der Waals surface area contributed by atoms with Gasteiger partial charge in [0.2, 0.25) is 10.0 Å². The summed E-state index contributed by atoms with van der Waals surface area (Å²) < 4.78 is 29.2. The second-order valence-corrected chi connectivity index (χ2v) is 12.7. The number of thiazole rings is 1. The number of sulfonamides is 1. The van der Waals surface area contributed by atoms with E-state index in [1.54, 1.807) is 33.5 Å². The number of anilines is 1. The molecule has 2 heterocycles. The molecule has 0 bridgehead atoms. The molecule has 1 fully saturated rings. The van der Waals surface area contributed by atoms with E-state index in [1.165, 1.54) is 16.9 Å². The van der Waals surface area contributed by atoms with Crippen LogP contribution in [0.15, 0.2) is 41.3 Å². The Hall–Kier alpha value is -2.04. The highest BCUT2D eigenvalue weighted by molar-refractivity contribution is 7.89. The number of amides is 1. The number of halogens is 1. The Kier molecular flexibility index (Phi) is 10.3. The van der Waals surface area contributed by atoms with Crippen molar-refractivity contribution in [2.45, 2.75) is 64.8 Å². The summed E-state index contributed by atoms with van der Waals surface area (Å²) in [7, 11) is -3.59. The molecule has 1 aromatic heterocycles. The zero-order chi connectivity index (χ0) is 26.7. The van der Waals surface area contributed by atoms with E-state index in [-0.39, 0.29) is 29.3 Å². The lowest BCUT2D eigenvalue weighted by Crippen LogP contribution is -2.42. The minimum Gasteiger partial charge on any atom is -0.302 e. The molecule has 4 rings (SSSR count). The highest BCUT2D eigenvalue weighted by Gasteiger charge is 2.31. The SMILES string of the molecule is CCN(CC)CCN(C(=O)c1ccc(S(=O)(=O)N2CCCCC2C)cc1)c1nc2c(C)c(C)ccc2s1.Cl. The molecule has 3 aromatic rings. The van der Waals surface area contributed by atoms with Gasteiger partial charge in [0.15, 0.2) is 5.13 Å². The molecule has 0 radical (unpaired) electrons. The van der Waals surface area contributed by atoms with Gasteiger partial charge in [0.05, 0.1) is 15.1 Å². The number of hydrogen-bond donors (Lipinski definition) is 0. The van der Waals surface area contributed by atoms with Gasteiger partial charge in [0, 0.05) is 31.2 Å². The number of hydrogen-bond acceptors (Lipinski definition) is 6. The van der Waals surface area contributed by atoms with E-state index in [0.29, 0.717) is 23.8 Å². The fraction of sp³-hybridized carbons (Fsp3) is 0.500.